The number of alkyl halides is 1. The average molecular weight is 179 g/mol. The first kappa shape index (κ1) is 10.2. The topological polar surface area (TPSA) is 0 Å². The fraction of sp³-hybridized carbons (Fsp3) is 0.417. The molecule has 0 atom stereocenters. The van der Waals surface area contributed by atoms with Gasteiger partial charge in [-0.05, 0) is 30.0 Å². The molecule has 0 heterocycles. The largest absolute Gasteiger partial charge is 0.250 e. The number of benzene rings is 1. The smallest absolute Gasteiger partial charge is 0.0997 e. The van der Waals surface area contributed by atoms with E-state index >= 15 is 0 Å². The monoisotopic (exact) mass is 179 g/mol. The lowest BCUT2D eigenvalue weighted by molar-refractivity contribution is 0.515. The van der Waals surface area contributed by atoms with E-state index in [1.165, 1.54) is 5.56 Å². The van der Waals surface area contributed by atoms with E-state index in [0.717, 1.165) is 23.5 Å². The minimum Gasteiger partial charge on any atom is -0.250 e. The number of hydrogen-bond donors (Lipinski definition) is 0. The molecule has 0 bridgehead atoms. The zero-order valence-corrected chi connectivity index (χ0v) is 8.52. The minimum atomic E-state index is -0.353. The predicted molar refractivity (Wildman–Crippen MR) is 54.6 cm³/mol. The van der Waals surface area contributed by atoms with Crippen molar-refractivity contribution in [2.24, 2.45) is 0 Å². The van der Waals surface area contributed by atoms with Gasteiger partial charge in [0.2, 0.25) is 0 Å². The van der Waals surface area contributed by atoms with Crippen LogP contribution in [0.25, 0.3) is 0 Å². The third-order valence-electron chi connectivity index (χ3n) is 2.37. The molecule has 0 aliphatic rings. The highest BCUT2D eigenvalue weighted by Gasteiger charge is 2.08. The van der Waals surface area contributed by atoms with Crippen LogP contribution in [0.1, 0.15) is 30.5 Å². The highest BCUT2D eigenvalue weighted by atomic mass is 19.1. The molecule has 0 aromatic heterocycles. The summed E-state index contributed by atoms with van der Waals surface area (Å²) < 4.78 is 12.5. The summed E-state index contributed by atoms with van der Waals surface area (Å²) in [4.78, 5) is 0. The molecule has 1 radical (unpaired) electrons. The molecule has 0 saturated heterocycles. The van der Waals surface area contributed by atoms with Gasteiger partial charge in [0.15, 0.2) is 0 Å². The molecule has 0 nitrogen and oxygen atoms in total. The van der Waals surface area contributed by atoms with Crippen LogP contribution in [0.2, 0.25) is 0 Å². The minimum absolute atomic E-state index is 0.353. The summed E-state index contributed by atoms with van der Waals surface area (Å²) in [6.07, 6.45) is 1.01. The molecular weight excluding hydrogens is 163 g/mol. The molecule has 0 unspecified atom stereocenters. The second-order valence-corrected chi connectivity index (χ2v) is 3.42. The van der Waals surface area contributed by atoms with Gasteiger partial charge < -0.3 is 0 Å². The van der Waals surface area contributed by atoms with Gasteiger partial charge in [-0.3, -0.25) is 4.39 Å². The Kier molecular flexibility index (Phi) is 3.47. The van der Waals surface area contributed by atoms with Crippen LogP contribution >= 0.6 is 0 Å². The van der Waals surface area contributed by atoms with Crippen molar-refractivity contribution in [3.05, 3.63) is 40.8 Å². The first-order valence-corrected chi connectivity index (χ1v) is 4.67. The van der Waals surface area contributed by atoms with Gasteiger partial charge in [0.1, 0.15) is 0 Å². The summed E-state index contributed by atoms with van der Waals surface area (Å²) in [5.74, 6) is 0.827. The van der Waals surface area contributed by atoms with Gasteiger partial charge in [0.25, 0.3) is 0 Å². The summed E-state index contributed by atoms with van der Waals surface area (Å²) in [6, 6.07) is 6.25. The van der Waals surface area contributed by atoms with Crippen molar-refractivity contribution in [3.63, 3.8) is 0 Å². The number of hydrogen-bond acceptors (Lipinski definition) is 0. The second-order valence-electron chi connectivity index (χ2n) is 3.42. The Morgan fingerprint density at radius 1 is 1.38 bits per heavy atom. The Morgan fingerprint density at radius 3 is 2.62 bits per heavy atom. The van der Waals surface area contributed by atoms with Gasteiger partial charge >= 0.3 is 0 Å². The fourth-order valence-corrected chi connectivity index (χ4v) is 1.42. The van der Waals surface area contributed by atoms with Gasteiger partial charge in [-0.25, -0.2) is 0 Å². The van der Waals surface area contributed by atoms with E-state index in [1.54, 1.807) is 0 Å². The van der Waals surface area contributed by atoms with Crippen molar-refractivity contribution in [1.29, 1.82) is 0 Å². The molecule has 0 amide bonds. The number of halogens is 1. The predicted octanol–water partition coefficient (Wildman–Crippen LogP) is 3.47. The Balaban J connectivity index is 3.03. The maximum atomic E-state index is 12.5. The molecule has 1 aromatic carbocycles. The van der Waals surface area contributed by atoms with Crippen molar-refractivity contribution in [2.75, 3.05) is 6.67 Å². The summed E-state index contributed by atoms with van der Waals surface area (Å²) in [5.41, 5.74) is 3.50. The van der Waals surface area contributed by atoms with Crippen molar-refractivity contribution in [3.8, 4) is 0 Å². The van der Waals surface area contributed by atoms with Crippen molar-refractivity contribution in [2.45, 2.75) is 27.2 Å². The third kappa shape index (κ3) is 2.30. The lowest BCUT2D eigenvalue weighted by atomic mass is 9.95. The van der Waals surface area contributed by atoms with Crippen LogP contribution in [0, 0.1) is 12.8 Å². The Bertz CT molecular complexity index is 278. The Morgan fingerprint density at radius 2 is 2.08 bits per heavy atom. The molecule has 0 saturated carbocycles. The van der Waals surface area contributed by atoms with E-state index in [2.05, 4.69) is 25.1 Å². The molecule has 0 N–H and O–H groups in total. The lowest BCUT2D eigenvalue weighted by Gasteiger charge is -2.11. The van der Waals surface area contributed by atoms with E-state index in [-0.39, 0.29) is 6.67 Å². The second kappa shape index (κ2) is 4.40. The molecule has 1 heteroatoms. The molecule has 1 aromatic rings. The number of aryl methyl sites for hydroxylation is 2. The Hall–Kier alpha value is -0.850. The van der Waals surface area contributed by atoms with Crippen LogP contribution in [0.5, 0.6) is 0 Å². The molecule has 0 aliphatic carbocycles. The van der Waals surface area contributed by atoms with E-state index in [0.29, 0.717) is 0 Å². The van der Waals surface area contributed by atoms with E-state index in [9.17, 15) is 4.39 Å². The van der Waals surface area contributed by atoms with Crippen LogP contribution in [0.3, 0.4) is 0 Å². The van der Waals surface area contributed by atoms with Crippen LogP contribution in [-0.2, 0) is 6.42 Å². The molecule has 0 fully saturated rings. The lowest BCUT2D eigenvalue weighted by Crippen LogP contribution is -2.00. The maximum Gasteiger partial charge on any atom is 0.0997 e. The normalized spacial score (nSPS) is 10.8. The van der Waals surface area contributed by atoms with Gasteiger partial charge in [-0.2, -0.15) is 0 Å². The SMILES string of the molecule is CCc1ccc(C)c([C](C)CF)c1. The molecular formula is C12H16F. The van der Waals surface area contributed by atoms with Gasteiger partial charge in [0.05, 0.1) is 6.67 Å². The van der Waals surface area contributed by atoms with E-state index in [4.69, 9.17) is 0 Å². The van der Waals surface area contributed by atoms with E-state index in [1.807, 2.05) is 13.8 Å². The molecule has 0 spiro atoms. The first-order chi connectivity index (χ1) is 6.19. The fourth-order valence-electron chi connectivity index (χ4n) is 1.42. The highest BCUT2D eigenvalue weighted by molar-refractivity contribution is 5.40. The van der Waals surface area contributed by atoms with Crippen LogP contribution in [0.15, 0.2) is 18.2 Å². The summed E-state index contributed by atoms with van der Waals surface area (Å²) in [6.45, 7) is 5.63. The zero-order chi connectivity index (χ0) is 9.84. The quantitative estimate of drug-likeness (QED) is 0.666. The molecule has 13 heavy (non-hydrogen) atoms. The first-order valence-electron chi connectivity index (χ1n) is 4.67. The van der Waals surface area contributed by atoms with Gasteiger partial charge in [0, 0.05) is 5.92 Å². The maximum absolute atomic E-state index is 12.5. The van der Waals surface area contributed by atoms with Crippen molar-refractivity contribution < 1.29 is 4.39 Å². The van der Waals surface area contributed by atoms with Gasteiger partial charge in [-0.1, -0.05) is 32.0 Å². The molecule has 0 aliphatic heterocycles. The standard InChI is InChI=1S/C12H16F/c1-4-11-6-5-9(2)12(7-11)10(3)8-13/h5-7H,4,8H2,1-3H3. The molecule has 71 valence electrons. The Labute approximate surface area is 79.8 Å². The zero-order valence-electron chi connectivity index (χ0n) is 8.52. The summed E-state index contributed by atoms with van der Waals surface area (Å²) in [5, 5.41) is 0. The van der Waals surface area contributed by atoms with Crippen molar-refractivity contribution >= 4 is 0 Å². The van der Waals surface area contributed by atoms with Crippen LogP contribution in [-0.4, -0.2) is 6.67 Å². The average Bonchev–Trinajstić information content (AvgIpc) is 2.17. The van der Waals surface area contributed by atoms with Crippen LogP contribution < -0.4 is 0 Å². The summed E-state index contributed by atoms with van der Waals surface area (Å²) >= 11 is 0. The number of rotatable bonds is 3. The van der Waals surface area contributed by atoms with E-state index < -0.39 is 0 Å². The van der Waals surface area contributed by atoms with Crippen LogP contribution in [0.4, 0.5) is 4.39 Å². The highest BCUT2D eigenvalue weighted by Crippen LogP contribution is 2.20. The third-order valence-corrected chi connectivity index (χ3v) is 2.37. The summed E-state index contributed by atoms with van der Waals surface area (Å²) in [7, 11) is 0. The van der Waals surface area contributed by atoms with Crippen molar-refractivity contribution in [1.82, 2.24) is 0 Å². The molecule has 1 rings (SSSR count). The van der Waals surface area contributed by atoms with Gasteiger partial charge in [-0.15, -0.1) is 0 Å².